The molecule has 0 aromatic heterocycles. The SMILES string of the molecule is CSC1CCC(NC(=O)CCCCl)CC1. The van der Waals surface area contributed by atoms with Crippen molar-refractivity contribution in [3.63, 3.8) is 0 Å². The number of hydrogen-bond acceptors (Lipinski definition) is 2. The van der Waals surface area contributed by atoms with E-state index >= 15 is 0 Å². The Kier molecular flexibility index (Phi) is 6.50. The molecule has 88 valence electrons. The Morgan fingerprint density at radius 1 is 1.40 bits per heavy atom. The number of alkyl halides is 1. The van der Waals surface area contributed by atoms with Gasteiger partial charge in [0.2, 0.25) is 5.91 Å². The number of halogens is 1. The quantitative estimate of drug-likeness (QED) is 0.760. The summed E-state index contributed by atoms with van der Waals surface area (Å²) in [5.41, 5.74) is 0. The van der Waals surface area contributed by atoms with Crippen molar-refractivity contribution < 1.29 is 4.79 Å². The molecule has 0 aromatic carbocycles. The molecule has 0 saturated heterocycles. The third kappa shape index (κ3) is 5.12. The van der Waals surface area contributed by atoms with Crippen molar-refractivity contribution in [3.8, 4) is 0 Å². The lowest BCUT2D eigenvalue weighted by Crippen LogP contribution is -2.38. The summed E-state index contributed by atoms with van der Waals surface area (Å²) in [6, 6.07) is 0.413. The molecule has 2 nitrogen and oxygen atoms in total. The maximum Gasteiger partial charge on any atom is 0.220 e. The van der Waals surface area contributed by atoms with Crippen molar-refractivity contribution in [2.24, 2.45) is 0 Å². The van der Waals surface area contributed by atoms with Gasteiger partial charge in [-0.3, -0.25) is 4.79 Å². The summed E-state index contributed by atoms with van der Waals surface area (Å²) in [5, 5.41) is 3.90. The maximum absolute atomic E-state index is 11.4. The second-order valence-corrected chi connectivity index (χ2v) is 5.59. The van der Waals surface area contributed by atoms with Crippen molar-refractivity contribution >= 4 is 29.3 Å². The van der Waals surface area contributed by atoms with E-state index in [2.05, 4.69) is 11.6 Å². The number of carbonyl (C=O) groups is 1. The molecule has 0 aliphatic heterocycles. The Hall–Kier alpha value is 0.110. The second kappa shape index (κ2) is 7.39. The normalized spacial score (nSPS) is 26.3. The molecule has 0 heterocycles. The number of nitrogens with one attached hydrogen (secondary N) is 1. The fraction of sp³-hybridized carbons (Fsp3) is 0.909. The van der Waals surface area contributed by atoms with Crippen LogP contribution in [0.1, 0.15) is 38.5 Å². The van der Waals surface area contributed by atoms with E-state index in [1.54, 1.807) is 0 Å². The van der Waals surface area contributed by atoms with Crippen LogP contribution in [-0.4, -0.2) is 29.3 Å². The topological polar surface area (TPSA) is 29.1 Å². The van der Waals surface area contributed by atoms with Crippen molar-refractivity contribution in [1.82, 2.24) is 5.32 Å². The Balaban J connectivity index is 2.15. The zero-order valence-electron chi connectivity index (χ0n) is 9.30. The Morgan fingerprint density at radius 2 is 2.07 bits per heavy atom. The first-order valence-electron chi connectivity index (χ1n) is 5.64. The van der Waals surface area contributed by atoms with Crippen LogP contribution in [0.5, 0.6) is 0 Å². The predicted molar refractivity (Wildman–Crippen MR) is 67.7 cm³/mol. The fourth-order valence-corrected chi connectivity index (χ4v) is 2.85. The van der Waals surface area contributed by atoms with Gasteiger partial charge in [-0.1, -0.05) is 0 Å². The molecular weight excluding hydrogens is 230 g/mol. The molecule has 0 aromatic rings. The van der Waals surface area contributed by atoms with Gasteiger partial charge in [0, 0.05) is 23.6 Å². The van der Waals surface area contributed by atoms with Crippen molar-refractivity contribution in [3.05, 3.63) is 0 Å². The predicted octanol–water partition coefficient (Wildman–Crippen LogP) is 2.80. The number of carbonyl (C=O) groups excluding carboxylic acids is 1. The summed E-state index contributed by atoms with van der Waals surface area (Å²) in [4.78, 5) is 11.4. The summed E-state index contributed by atoms with van der Waals surface area (Å²) in [6.07, 6.45) is 8.28. The number of hydrogen-bond donors (Lipinski definition) is 1. The molecule has 0 bridgehead atoms. The molecule has 0 unspecified atom stereocenters. The van der Waals surface area contributed by atoms with Crippen molar-refractivity contribution in [2.45, 2.75) is 49.8 Å². The largest absolute Gasteiger partial charge is 0.353 e. The first kappa shape index (κ1) is 13.2. The van der Waals surface area contributed by atoms with E-state index in [-0.39, 0.29) is 5.91 Å². The lowest BCUT2D eigenvalue weighted by Gasteiger charge is -2.28. The number of rotatable bonds is 5. The van der Waals surface area contributed by atoms with Crippen molar-refractivity contribution in [2.75, 3.05) is 12.1 Å². The summed E-state index contributed by atoms with van der Waals surface area (Å²) >= 11 is 7.49. The van der Waals surface area contributed by atoms with Gasteiger partial charge in [0.25, 0.3) is 0 Å². The first-order valence-corrected chi connectivity index (χ1v) is 7.46. The van der Waals surface area contributed by atoms with Gasteiger partial charge < -0.3 is 5.32 Å². The molecule has 1 N–H and O–H groups in total. The minimum atomic E-state index is 0.170. The fourth-order valence-electron chi connectivity index (χ4n) is 1.97. The van der Waals surface area contributed by atoms with E-state index in [1.165, 1.54) is 12.8 Å². The van der Waals surface area contributed by atoms with Gasteiger partial charge in [0.15, 0.2) is 0 Å². The first-order chi connectivity index (χ1) is 7.26. The minimum absolute atomic E-state index is 0.170. The van der Waals surface area contributed by atoms with Crippen LogP contribution in [-0.2, 0) is 4.79 Å². The summed E-state index contributed by atoms with van der Waals surface area (Å²) in [6.45, 7) is 0. The standard InChI is InChI=1S/C11H20ClNOS/c1-15-10-6-4-9(5-7-10)13-11(14)3-2-8-12/h9-10H,2-8H2,1H3,(H,13,14). The molecule has 1 aliphatic carbocycles. The van der Waals surface area contributed by atoms with E-state index in [0.717, 1.165) is 24.5 Å². The molecule has 0 spiro atoms. The number of thioether (sulfide) groups is 1. The van der Waals surface area contributed by atoms with Gasteiger partial charge in [-0.25, -0.2) is 0 Å². The monoisotopic (exact) mass is 249 g/mol. The van der Waals surface area contributed by atoms with Crippen LogP contribution in [0.4, 0.5) is 0 Å². The van der Waals surface area contributed by atoms with E-state index in [1.807, 2.05) is 11.8 Å². The summed E-state index contributed by atoms with van der Waals surface area (Å²) in [5.74, 6) is 0.746. The molecule has 1 saturated carbocycles. The summed E-state index contributed by atoms with van der Waals surface area (Å²) < 4.78 is 0. The lowest BCUT2D eigenvalue weighted by molar-refractivity contribution is -0.122. The zero-order valence-corrected chi connectivity index (χ0v) is 10.9. The highest BCUT2D eigenvalue weighted by atomic mass is 35.5. The van der Waals surface area contributed by atoms with E-state index in [9.17, 15) is 4.79 Å². The molecule has 0 radical (unpaired) electrons. The third-order valence-electron chi connectivity index (χ3n) is 2.91. The lowest BCUT2D eigenvalue weighted by atomic mass is 9.95. The van der Waals surface area contributed by atoms with Crippen LogP contribution in [0.3, 0.4) is 0 Å². The highest BCUT2D eigenvalue weighted by Gasteiger charge is 2.21. The van der Waals surface area contributed by atoms with Crippen LogP contribution < -0.4 is 5.32 Å². The molecule has 1 rings (SSSR count). The van der Waals surface area contributed by atoms with Crippen molar-refractivity contribution in [1.29, 1.82) is 0 Å². The Morgan fingerprint density at radius 3 is 2.60 bits per heavy atom. The van der Waals surface area contributed by atoms with Crippen LogP contribution in [0.15, 0.2) is 0 Å². The van der Waals surface area contributed by atoms with E-state index in [4.69, 9.17) is 11.6 Å². The maximum atomic E-state index is 11.4. The van der Waals surface area contributed by atoms with Gasteiger partial charge in [-0.2, -0.15) is 11.8 Å². The highest BCUT2D eigenvalue weighted by molar-refractivity contribution is 7.99. The van der Waals surface area contributed by atoms with Gasteiger partial charge >= 0.3 is 0 Å². The molecule has 1 fully saturated rings. The smallest absolute Gasteiger partial charge is 0.220 e. The average Bonchev–Trinajstić information content (AvgIpc) is 2.27. The Labute approximate surface area is 102 Å². The molecule has 0 atom stereocenters. The molecule has 15 heavy (non-hydrogen) atoms. The van der Waals surface area contributed by atoms with Crippen LogP contribution in [0.2, 0.25) is 0 Å². The van der Waals surface area contributed by atoms with E-state index < -0.39 is 0 Å². The van der Waals surface area contributed by atoms with Crippen LogP contribution >= 0.6 is 23.4 Å². The number of amides is 1. The molecular formula is C11H20ClNOS. The average molecular weight is 250 g/mol. The molecule has 1 amide bonds. The van der Waals surface area contributed by atoms with Gasteiger partial charge in [-0.15, -0.1) is 11.6 Å². The minimum Gasteiger partial charge on any atom is -0.353 e. The van der Waals surface area contributed by atoms with Gasteiger partial charge in [-0.05, 0) is 38.4 Å². The third-order valence-corrected chi connectivity index (χ3v) is 4.32. The molecule has 4 heteroatoms. The molecule has 1 aliphatic rings. The Bertz CT molecular complexity index is 193. The van der Waals surface area contributed by atoms with E-state index in [0.29, 0.717) is 18.3 Å². The second-order valence-electron chi connectivity index (χ2n) is 4.07. The van der Waals surface area contributed by atoms with Gasteiger partial charge in [0.05, 0.1) is 0 Å². The highest BCUT2D eigenvalue weighted by Crippen LogP contribution is 2.26. The van der Waals surface area contributed by atoms with Crippen LogP contribution in [0.25, 0.3) is 0 Å². The van der Waals surface area contributed by atoms with Crippen LogP contribution in [0, 0.1) is 0 Å². The summed E-state index contributed by atoms with van der Waals surface area (Å²) in [7, 11) is 0. The van der Waals surface area contributed by atoms with Gasteiger partial charge in [0.1, 0.15) is 0 Å². The zero-order chi connectivity index (χ0) is 11.1.